The summed E-state index contributed by atoms with van der Waals surface area (Å²) in [5, 5.41) is 0. The second-order valence-electron chi connectivity index (χ2n) is 4.05. The van der Waals surface area contributed by atoms with Crippen LogP contribution in [0.1, 0.15) is 24.2 Å². The molecular formula is C11H15FN2O3S. The minimum atomic E-state index is -3.88. The van der Waals surface area contributed by atoms with Gasteiger partial charge in [0.05, 0.1) is 0 Å². The molecule has 7 heteroatoms. The molecule has 0 unspecified atom stereocenters. The van der Waals surface area contributed by atoms with Crippen molar-refractivity contribution in [1.82, 2.24) is 9.03 Å². The molecule has 0 aliphatic heterocycles. The maximum Gasteiger partial charge on any atom is 0.304 e. The van der Waals surface area contributed by atoms with Gasteiger partial charge in [0.15, 0.2) is 0 Å². The van der Waals surface area contributed by atoms with Crippen LogP contribution in [0.25, 0.3) is 0 Å². The number of nitrogens with zero attached hydrogens (tertiary/aromatic N) is 1. The lowest BCUT2D eigenvalue weighted by Crippen LogP contribution is -2.44. The Labute approximate surface area is 106 Å². The molecular weight excluding hydrogens is 259 g/mol. The molecule has 1 aromatic carbocycles. The van der Waals surface area contributed by atoms with Gasteiger partial charge < -0.3 is 0 Å². The number of benzene rings is 1. The molecule has 0 bridgehead atoms. The topological polar surface area (TPSA) is 66.5 Å². The Bertz CT molecular complexity index is 526. The first-order valence-electron chi connectivity index (χ1n) is 5.29. The maximum atomic E-state index is 12.7. The molecule has 1 amide bonds. The van der Waals surface area contributed by atoms with Gasteiger partial charge in [0.25, 0.3) is 5.91 Å². The van der Waals surface area contributed by atoms with E-state index in [0.717, 1.165) is 16.4 Å². The van der Waals surface area contributed by atoms with Gasteiger partial charge in [-0.25, -0.2) is 9.11 Å². The van der Waals surface area contributed by atoms with Crippen molar-refractivity contribution in [2.75, 3.05) is 7.05 Å². The van der Waals surface area contributed by atoms with Crippen LogP contribution in [0.4, 0.5) is 4.39 Å². The van der Waals surface area contributed by atoms with Gasteiger partial charge in [-0.15, -0.1) is 0 Å². The van der Waals surface area contributed by atoms with Gasteiger partial charge in [0.1, 0.15) is 5.82 Å². The third kappa shape index (κ3) is 3.51. The van der Waals surface area contributed by atoms with Gasteiger partial charge in [-0.1, -0.05) is 0 Å². The number of carbonyl (C=O) groups is 1. The molecule has 1 N–H and O–H groups in total. The predicted molar refractivity (Wildman–Crippen MR) is 65.7 cm³/mol. The molecule has 5 nitrogen and oxygen atoms in total. The number of hydrogen-bond acceptors (Lipinski definition) is 3. The van der Waals surface area contributed by atoms with Crippen LogP contribution in [0.3, 0.4) is 0 Å². The van der Waals surface area contributed by atoms with Crippen LogP contribution in [-0.4, -0.2) is 31.7 Å². The minimum Gasteiger partial charge on any atom is -0.268 e. The van der Waals surface area contributed by atoms with Crippen molar-refractivity contribution in [3.05, 3.63) is 35.6 Å². The van der Waals surface area contributed by atoms with Gasteiger partial charge in [-0.05, 0) is 38.1 Å². The third-order valence-corrected chi connectivity index (χ3v) is 4.06. The number of amides is 1. The summed E-state index contributed by atoms with van der Waals surface area (Å²) in [4.78, 5) is 11.7. The van der Waals surface area contributed by atoms with Crippen LogP contribution in [0.2, 0.25) is 0 Å². The van der Waals surface area contributed by atoms with Crippen molar-refractivity contribution >= 4 is 16.1 Å². The number of nitrogens with one attached hydrogen (secondary N) is 1. The third-order valence-electron chi connectivity index (χ3n) is 2.43. The van der Waals surface area contributed by atoms with E-state index in [0.29, 0.717) is 0 Å². The summed E-state index contributed by atoms with van der Waals surface area (Å²) in [5.41, 5.74) is 0.0807. The highest BCUT2D eigenvalue weighted by Gasteiger charge is 2.23. The monoisotopic (exact) mass is 274 g/mol. The zero-order valence-electron chi connectivity index (χ0n) is 10.3. The van der Waals surface area contributed by atoms with E-state index in [1.165, 1.54) is 19.2 Å². The molecule has 0 spiro atoms. The summed E-state index contributed by atoms with van der Waals surface area (Å²) < 4.78 is 39.1. The highest BCUT2D eigenvalue weighted by molar-refractivity contribution is 7.87. The molecule has 0 heterocycles. The molecule has 0 aromatic heterocycles. The zero-order valence-corrected chi connectivity index (χ0v) is 11.2. The Balaban J connectivity index is 2.85. The van der Waals surface area contributed by atoms with E-state index in [2.05, 4.69) is 0 Å². The number of rotatable bonds is 4. The molecule has 18 heavy (non-hydrogen) atoms. The van der Waals surface area contributed by atoms with Crippen LogP contribution in [-0.2, 0) is 10.2 Å². The summed E-state index contributed by atoms with van der Waals surface area (Å²) in [6.07, 6.45) is 0. The Hall–Kier alpha value is -1.47. The van der Waals surface area contributed by atoms with E-state index in [4.69, 9.17) is 0 Å². The van der Waals surface area contributed by atoms with Crippen LogP contribution in [0.15, 0.2) is 24.3 Å². The lowest BCUT2D eigenvalue weighted by atomic mass is 10.2. The molecule has 1 rings (SSSR count). The van der Waals surface area contributed by atoms with Crippen molar-refractivity contribution in [2.24, 2.45) is 0 Å². The van der Waals surface area contributed by atoms with Crippen LogP contribution >= 0.6 is 0 Å². The van der Waals surface area contributed by atoms with Crippen molar-refractivity contribution < 1.29 is 17.6 Å². The van der Waals surface area contributed by atoms with Gasteiger partial charge in [-0.2, -0.15) is 12.7 Å². The SMILES string of the molecule is CC(C)N(C)S(=O)(=O)NC(=O)c1ccc(F)cc1. The van der Waals surface area contributed by atoms with Crippen LogP contribution < -0.4 is 4.72 Å². The Kier molecular flexibility index (Phi) is 4.42. The first kappa shape index (κ1) is 14.6. The fourth-order valence-electron chi connectivity index (χ4n) is 1.13. The quantitative estimate of drug-likeness (QED) is 0.895. The van der Waals surface area contributed by atoms with Gasteiger partial charge >= 0.3 is 10.2 Å². The molecule has 0 radical (unpaired) electrons. The zero-order chi connectivity index (χ0) is 13.9. The lowest BCUT2D eigenvalue weighted by molar-refractivity contribution is 0.0979. The van der Waals surface area contributed by atoms with Crippen molar-refractivity contribution in [2.45, 2.75) is 19.9 Å². The molecule has 0 atom stereocenters. The molecule has 0 saturated heterocycles. The normalized spacial score (nSPS) is 11.9. The average molecular weight is 274 g/mol. The van der Waals surface area contributed by atoms with E-state index >= 15 is 0 Å². The largest absolute Gasteiger partial charge is 0.304 e. The second-order valence-corrected chi connectivity index (χ2v) is 5.78. The van der Waals surface area contributed by atoms with Crippen LogP contribution in [0.5, 0.6) is 0 Å². The molecule has 100 valence electrons. The molecule has 0 saturated carbocycles. The van der Waals surface area contributed by atoms with Gasteiger partial charge in [0, 0.05) is 18.7 Å². The maximum absolute atomic E-state index is 12.7. The highest BCUT2D eigenvalue weighted by Crippen LogP contribution is 2.05. The predicted octanol–water partition coefficient (Wildman–Crippen LogP) is 1.14. The number of halogens is 1. The summed E-state index contributed by atoms with van der Waals surface area (Å²) in [6, 6.07) is 4.34. The summed E-state index contributed by atoms with van der Waals surface area (Å²) in [7, 11) is -2.51. The van der Waals surface area contributed by atoms with E-state index in [1.54, 1.807) is 13.8 Å². The molecule has 0 aliphatic rings. The van der Waals surface area contributed by atoms with E-state index in [-0.39, 0.29) is 11.6 Å². The highest BCUT2D eigenvalue weighted by atomic mass is 32.2. The molecule has 0 fully saturated rings. The summed E-state index contributed by atoms with van der Waals surface area (Å²) in [5.74, 6) is -1.28. The fourth-order valence-corrected chi connectivity index (χ4v) is 2.18. The van der Waals surface area contributed by atoms with Gasteiger partial charge in [-0.3, -0.25) is 4.79 Å². The second kappa shape index (κ2) is 5.45. The Morgan fingerprint density at radius 3 is 2.22 bits per heavy atom. The summed E-state index contributed by atoms with van der Waals surface area (Å²) >= 11 is 0. The molecule has 1 aromatic rings. The number of carbonyl (C=O) groups excluding carboxylic acids is 1. The fraction of sp³-hybridized carbons (Fsp3) is 0.364. The van der Waals surface area contributed by atoms with Crippen molar-refractivity contribution in [3.63, 3.8) is 0 Å². The number of hydrogen-bond donors (Lipinski definition) is 1. The molecule has 0 aliphatic carbocycles. The Morgan fingerprint density at radius 1 is 1.28 bits per heavy atom. The van der Waals surface area contributed by atoms with Crippen molar-refractivity contribution in [3.8, 4) is 0 Å². The Morgan fingerprint density at radius 2 is 1.78 bits per heavy atom. The van der Waals surface area contributed by atoms with Gasteiger partial charge in [0.2, 0.25) is 0 Å². The first-order valence-corrected chi connectivity index (χ1v) is 6.73. The average Bonchev–Trinajstić information content (AvgIpc) is 2.28. The van der Waals surface area contributed by atoms with E-state index in [1.807, 2.05) is 4.72 Å². The minimum absolute atomic E-state index is 0.0807. The summed E-state index contributed by atoms with van der Waals surface area (Å²) in [6.45, 7) is 3.36. The van der Waals surface area contributed by atoms with Crippen molar-refractivity contribution in [1.29, 1.82) is 0 Å². The smallest absolute Gasteiger partial charge is 0.268 e. The lowest BCUT2D eigenvalue weighted by Gasteiger charge is -2.20. The first-order chi connectivity index (χ1) is 8.24. The van der Waals surface area contributed by atoms with Crippen LogP contribution in [0, 0.1) is 5.82 Å². The van der Waals surface area contributed by atoms with E-state index < -0.39 is 21.9 Å². The standard InChI is InChI=1S/C11H15FN2O3S/c1-8(2)14(3)18(16,17)13-11(15)9-4-6-10(12)7-5-9/h4-8H,1-3H3,(H,13,15). The van der Waals surface area contributed by atoms with E-state index in [9.17, 15) is 17.6 Å².